The van der Waals surface area contributed by atoms with E-state index in [0.29, 0.717) is 17.5 Å². The summed E-state index contributed by atoms with van der Waals surface area (Å²) in [5.74, 6) is 1.94. The molecule has 4 nitrogen and oxygen atoms in total. The number of benzene rings is 7. The Labute approximate surface area is 298 Å². The highest BCUT2D eigenvalue weighted by molar-refractivity contribution is 7.26. The third-order valence-corrected chi connectivity index (χ3v) is 10.8. The standard InChI is InChI=1S/C46H28N4S/c1-3-12-29(13-4-1)44-48-45(30-14-5-2-6-15-30)50-46(49-44)33-17-11-16-32(25-33)39-26-34(27-40-38-19-8-10-21-42(38)51-43(39)40)31-22-23-36-35(24-31)28-47-41-20-9-7-18-37(36)41/h1-28H. The lowest BCUT2D eigenvalue weighted by molar-refractivity contribution is 1.07. The fourth-order valence-corrected chi connectivity index (χ4v) is 8.24. The highest BCUT2D eigenvalue weighted by Gasteiger charge is 2.17. The molecule has 0 aliphatic heterocycles. The first-order valence-electron chi connectivity index (χ1n) is 17.0. The first kappa shape index (κ1) is 29.4. The molecule has 3 heterocycles. The number of para-hydroxylation sites is 1. The summed E-state index contributed by atoms with van der Waals surface area (Å²) in [7, 11) is 0. The van der Waals surface area contributed by atoms with Gasteiger partial charge in [-0.15, -0.1) is 11.3 Å². The average Bonchev–Trinajstić information content (AvgIpc) is 3.59. The third-order valence-electron chi connectivity index (χ3n) is 9.53. The second-order valence-corrected chi connectivity index (χ2v) is 13.7. The van der Waals surface area contributed by atoms with Crippen LogP contribution in [0.3, 0.4) is 0 Å². The summed E-state index contributed by atoms with van der Waals surface area (Å²) in [5, 5.41) is 6.03. The van der Waals surface area contributed by atoms with Gasteiger partial charge in [0, 0.05) is 59.4 Å². The number of hydrogen-bond acceptors (Lipinski definition) is 5. The minimum absolute atomic E-state index is 0.641. The molecule has 0 fully saturated rings. The van der Waals surface area contributed by atoms with Crippen LogP contribution in [0.15, 0.2) is 170 Å². The van der Waals surface area contributed by atoms with Gasteiger partial charge in [-0.1, -0.05) is 127 Å². The van der Waals surface area contributed by atoms with Crippen molar-refractivity contribution in [2.24, 2.45) is 0 Å². The zero-order valence-electron chi connectivity index (χ0n) is 27.4. The van der Waals surface area contributed by atoms with E-state index in [1.165, 1.54) is 42.1 Å². The monoisotopic (exact) mass is 668 g/mol. The first-order chi connectivity index (χ1) is 25.2. The molecule has 10 rings (SSSR count). The van der Waals surface area contributed by atoms with Gasteiger partial charge in [0.2, 0.25) is 0 Å². The summed E-state index contributed by atoms with van der Waals surface area (Å²) in [5.41, 5.74) is 8.47. The topological polar surface area (TPSA) is 51.6 Å². The summed E-state index contributed by atoms with van der Waals surface area (Å²) in [4.78, 5) is 19.7. The Morgan fingerprint density at radius 2 is 1.00 bits per heavy atom. The van der Waals surface area contributed by atoms with Crippen LogP contribution in [-0.4, -0.2) is 19.9 Å². The van der Waals surface area contributed by atoms with Gasteiger partial charge >= 0.3 is 0 Å². The molecule has 0 saturated carbocycles. The van der Waals surface area contributed by atoms with E-state index in [4.69, 9.17) is 19.9 Å². The Kier molecular flexibility index (Phi) is 6.96. The van der Waals surface area contributed by atoms with Crippen molar-refractivity contribution in [3.05, 3.63) is 170 Å². The van der Waals surface area contributed by atoms with Crippen molar-refractivity contribution in [1.82, 2.24) is 19.9 Å². The van der Waals surface area contributed by atoms with E-state index in [0.717, 1.165) is 38.7 Å². The van der Waals surface area contributed by atoms with Gasteiger partial charge in [-0.3, -0.25) is 4.98 Å². The van der Waals surface area contributed by atoms with Crippen LogP contribution in [0.25, 0.3) is 98.3 Å². The minimum atomic E-state index is 0.641. The van der Waals surface area contributed by atoms with Crippen molar-refractivity contribution in [3.63, 3.8) is 0 Å². The highest BCUT2D eigenvalue weighted by Crippen LogP contribution is 2.44. The molecule has 7 aromatic carbocycles. The van der Waals surface area contributed by atoms with Gasteiger partial charge in [-0.05, 0) is 58.5 Å². The molecular weight excluding hydrogens is 641 g/mol. The molecule has 10 aromatic rings. The molecule has 0 aliphatic carbocycles. The summed E-state index contributed by atoms with van der Waals surface area (Å²) >= 11 is 1.84. The molecule has 238 valence electrons. The molecule has 0 bridgehead atoms. The van der Waals surface area contributed by atoms with Gasteiger partial charge in [0.25, 0.3) is 0 Å². The van der Waals surface area contributed by atoms with E-state index in [1.807, 2.05) is 84.3 Å². The van der Waals surface area contributed by atoms with Gasteiger partial charge in [-0.2, -0.15) is 0 Å². The molecule has 0 aliphatic rings. The zero-order valence-corrected chi connectivity index (χ0v) is 28.2. The first-order valence-corrected chi connectivity index (χ1v) is 17.8. The van der Waals surface area contributed by atoms with Gasteiger partial charge < -0.3 is 0 Å². The SMILES string of the molecule is c1ccc(-c2nc(-c3ccccc3)nc(-c3cccc(-c4cc(-c5ccc6c(cnc7ccccc76)c5)cc5c4sc4ccccc45)c3)n2)cc1. The Bertz CT molecular complexity index is 2860. The summed E-state index contributed by atoms with van der Waals surface area (Å²) in [6.07, 6.45) is 1.99. The molecule has 0 radical (unpaired) electrons. The predicted molar refractivity (Wildman–Crippen MR) is 213 cm³/mol. The van der Waals surface area contributed by atoms with Crippen LogP contribution in [0.5, 0.6) is 0 Å². The van der Waals surface area contributed by atoms with E-state index < -0.39 is 0 Å². The van der Waals surface area contributed by atoms with E-state index in [2.05, 4.69) is 97.1 Å². The fraction of sp³-hybridized carbons (Fsp3) is 0. The van der Waals surface area contributed by atoms with Crippen molar-refractivity contribution in [1.29, 1.82) is 0 Å². The number of nitrogens with zero attached hydrogens (tertiary/aromatic N) is 4. The van der Waals surface area contributed by atoms with Crippen molar-refractivity contribution in [2.45, 2.75) is 0 Å². The number of fused-ring (bicyclic) bond motifs is 6. The van der Waals surface area contributed by atoms with Crippen LogP contribution < -0.4 is 0 Å². The second-order valence-electron chi connectivity index (χ2n) is 12.7. The van der Waals surface area contributed by atoms with Crippen LogP contribution in [-0.2, 0) is 0 Å². The highest BCUT2D eigenvalue weighted by atomic mass is 32.1. The largest absolute Gasteiger partial charge is 0.256 e. The molecule has 3 aromatic heterocycles. The van der Waals surface area contributed by atoms with E-state index in [1.54, 1.807) is 0 Å². The predicted octanol–water partition coefficient (Wildman–Crippen LogP) is 12.3. The smallest absolute Gasteiger partial charge is 0.164 e. The van der Waals surface area contributed by atoms with Crippen LogP contribution in [0.1, 0.15) is 0 Å². The van der Waals surface area contributed by atoms with E-state index >= 15 is 0 Å². The fourth-order valence-electron chi connectivity index (χ4n) is 7.02. The van der Waals surface area contributed by atoms with Crippen LogP contribution in [0.2, 0.25) is 0 Å². The lowest BCUT2D eigenvalue weighted by Crippen LogP contribution is -2.00. The number of rotatable bonds is 5. The van der Waals surface area contributed by atoms with E-state index in [-0.39, 0.29) is 0 Å². The second kappa shape index (κ2) is 12.1. The van der Waals surface area contributed by atoms with Gasteiger partial charge in [-0.25, -0.2) is 15.0 Å². The lowest BCUT2D eigenvalue weighted by atomic mass is 9.94. The van der Waals surface area contributed by atoms with Crippen molar-refractivity contribution >= 4 is 53.2 Å². The summed E-state index contributed by atoms with van der Waals surface area (Å²) < 4.78 is 2.53. The third kappa shape index (κ3) is 5.23. The van der Waals surface area contributed by atoms with Crippen molar-refractivity contribution in [2.75, 3.05) is 0 Å². The van der Waals surface area contributed by atoms with Gasteiger partial charge in [0.15, 0.2) is 17.5 Å². The molecule has 0 saturated heterocycles. The van der Waals surface area contributed by atoms with Gasteiger partial charge in [0.05, 0.1) is 5.52 Å². The van der Waals surface area contributed by atoms with Crippen LogP contribution >= 0.6 is 11.3 Å². The number of hydrogen-bond donors (Lipinski definition) is 0. The molecule has 0 N–H and O–H groups in total. The van der Waals surface area contributed by atoms with Crippen molar-refractivity contribution < 1.29 is 0 Å². The molecule has 0 amide bonds. The van der Waals surface area contributed by atoms with Crippen LogP contribution in [0.4, 0.5) is 0 Å². The van der Waals surface area contributed by atoms with Gasteiger partial charge in [0.1, 0.15) is 0 Å². The minimum Gasteiger partial charge on any atom is -0.256 e. The van der Waals surface area contributed by atoms with E-state index in [9.17, 15) is 0 Å². The van der Waals surface area contributed by atoms with Crippen LogP contribution in [0, 0.1) is 0 Å². The van der Waals surface area contributed by atoms with Crippen molar-refractivity contribution in [3.8, 4) is 56.4 Å². The maximum atomic E-state index is 5.02. The Hall–Kier alpha value is -6.56. The molecule has 0 atom stereocenters. The molecular formula is C46H28N4S. The molecule has 51 heavy (non-hydrogen) atoms. The Balaban J connectivity index is 1.16. The lowest BCUT2D eigenvalue weighted by Gasteiger charge is -2.12. The Morgan fingerprint density at radius 3 is 1.76 bits per heavy atom. The summed E-state index contributed by atoms with van der Waals surface area (Å²) in [6, 6.07) is 57.3. The maximum absolute atomic E-state index is 5.02. The number of aromatic nitrogens is 4. The normalized spacial score (nSPS) is 11.5. The number of pyridine rings is 1. The Morgan fingerprint density at radius 1 is 0.373 bits per heavy atom. The number of thiophene rings is 1. The quantitative estimate of drug-likeness (QED) is 0.171. The zero-order chi connectivity index (χ0) is 33.7. The maximum Gasteiger partial charge on any atom is 0.164 e. The molecule has 0 spiro atoms. The molecule has 0 unspecified atom stereocenters. The summed E-state index contributed by atoms with van der Waals surface area (Å²) in [6.45, 7) is 0. The average molecular weight is 669 g/mol. The molecule has 5 heteroatoms.